The fourth-order valence-electron chi connectivity index (χ4n) is 2.17. The third-order valence-electron chi connectivity index (χ3n) is 3.43. The van der Waals surface area contributed by atoms with Gasteiger partial charge in [-0.2, -0.15) is 0 Å². The zero-order valence-corrected chi connectivity index (χ0v) is 13.5. The number of ether oxygens (including phenoxy) is 1. The van der Waals surface area contributed by atoms with Crippen LogP contribution >= 0.6 is 0 Å². The maximum Gasteiger partial charge on any atom is 0.311 e. The maximum atomic E-state index is 13.3. The molecule has 0 aliphatic carbocycles. The van der Waals surface area contributed by atoms with Crippen LogP contribution in [0.3, 0.4) is 0 Å². The number of anilines is 1. The number of halogens is 1. The van der Waals surface area contributed by atoms with E-state index in [-0.39, 0.29) is 5.75 Å². The van der Waals surface area contributed by atoms with Crippen LogP contribution in [0.1, 0.15) is 18.1 Å². The summed E-state index contributed by atoms with van der Waals surface area (Å²) in [6.07, 6.45) is -1.04. The number of nitro benzene ring substituents is 1. The van der Waals surface area contributed by atoms with Crippen LogP contribution in [0.4, 0.5) is 15.8 Å². The van der Waals surface area contributed by atoms with Gasteiger partial charge in [-0.15, -0.1) is 0 Å². The molecular weight excluding hydrogens is 315 g/mol. The minimum absolute atomic E-state index is 0.289. The number of carbonyl (C=O) groups excluding carboxylic acids is 1. The first-order valence-electron chi connectivity index (χ1n) is 7.26. The Morgan fingerprint density at radius 1 is 1.25 bits per heavy atom. The van der Waals surface area contributed by atoms with E-state index in [2.05, 4.69) is 5.32 Å². The molecule has 0 radical (unpaired) electrons. The minimum atomic E-state index is -1.04. The van der Waals surface area contributed by atoms with Crippen molar-refractivity contribution in [3.63, 3.8) is 0 Å². The lowest BCUT2D eigenvalue weighted by molar-refractivity contribution is -0.386. The van der Waals surface area contributed by atoms with Crippen molar-refractivity contribution in [2.45, 2.75) is 26.9 Å². The maximum absolute atomic E-state index is 13.3. The Labute approximate surface area is 138 Å². The summed E-state index contributed by atoms with van der Waals surface area (Å²) in [5.74, 6) is -1.46. The molecule has 1 N–H and O–H groups in total. The van der Waals surface area contributed by atoms with Crippen molar-refractivity contribution in [2.75, 3.05) is 5.32 Å². The van der Waals surface area contributed by atoms with Gasteiger partial charge in [0.05, 0.1) is 4.92 Å². The predicted octanol–water partition coefficient (Wildman–Crippen LogP) is 3.76. The van der Waals surface area contributed by atoms with E-state index in [0.29, 0.717) is 5.69 Å². The van der Waals surface area contributed by atoms with E-state index in [1.807, 2.05) is 26.0 Å². The summed E-state index contributed by atoms with van der Waals surface area (Å²) in [4.78, 5) is 22.5. The van der Waals surface area contributed by atoms with Crippen LogP contribution in [0, 0.1) is 29.8 Å². The van der Waals surface area contributed by atoms with Gasteiger partial charge in [0, 0.05) is 17.8 Å². The molecular formula is C17H17FN2O4. The monoisotopic (exact) mass is 332 g/mol. The van der Waals surface area contributed by atoms with Crippen LogP contribution in [-0.2, 0) is 4.79 Å². The Hall–Kier alpha value is -2.96. The second kappa shape index (κ2) is 7.08. The van der Waals surface area contributed by atoms with Crippen LogP contribution < -0.4 is 10.1 Å². The predicted molar refractivity (Wildman–Crippen MR) is 87.7 cm³/mol. The number of nitro groups is 1. The van der Waals surface area contributed by atoms with Crippen molar-refractivity contribution < 1.29 is 18.8 Å². The Kier molecular flexibility index (Phi) is 5.13. The van der Waals surface area contributed by atoms with E-state index >= 15 is 0 Å². The Morgan fingerprint density at radius 2 is 1.96 bits per heavy atom. The highest BCUT2D eigenvalue weighted by atomic mass is 19.1. The van der Waals surface area contributed by atoms with Crippen molar-refractivity contribution in [3.05, 3.63) is 63.5 Å². The minimum Gasteiger partial charge on any atom is -0.474 e. The van der Waals surface area contributed by atoms with Gasteiger partial charge in [0.1, 0.15) is 5.82 Å². The number of hydrogen-bond donors (Lipinski definition) is 1. The Morgan fingerprint density at radius 3 is 2.58 bits per heavy atom. The van der Waals surface area contributed by atoms with E-state index in [1.165, 1.54) is 6.92 Å². The van der Waals surface area contributed by atoms with Gasteiger partial charge in [0.2, 0.25) is 5.75 Å². The third-order valence-corrected chi connectivity index (χ3v) is 3.43. The van der Waals surface area contributed by atoms with Crippen LogP contribution in [0.25, 0.3) is 0 Å². The highest BCUT2D eigenvalue weighted by Crippen LogP contribution is 2.28. The molecule has 0 aromatic heterocycles. The molecule has 2 rings (SSSR count). The molecule has 1 atom stereocenters. The summed E-state index contributed by atoms with van der Waals surface area (Å²) in [5, 5.41) is 13.6. The topological polar surface area (TPSA) is 81.5 Å². The molecule has 0 aliphatic heterocycles. The van der Waals surface area contributed by atoms with Gasteiger partial charge in [0.15, 0.2) is 6.10 Å². The standard InChI is InChI=1S/C17H17FN2O4/c1-10-4-6-14(11(2)8-10)19-17(21)12(3)24-16-9-13(18)5-7-15(16)20(22)23/h4-9,12H,1-3H3,(H,19,21). The summed E-state index contributed by atoms with van der Waals surface area (Å²) >= 11 is 0. The van der Waals surface area contributed by atoms with Gasteiger partial charge in [-0.25, -0.2) is 4.39 Å². The molecule has 0 heterocycles. The molecule has 0 saturated heterocycles. The first-order valence-corrected chi connectivity index (χ1v) is 7.26. The van der Waals surface area contributed by atoms with Gasteiger partial charge in [-0.05, 0) is 38.5 Å². The number of hydrogen-bond acceptors (Lipinski definition) is 4. The highest BCUT2D eigenvalue weighted by Gasteiger charge is 2.22. The van der Waals surface area contributed by atoms with Crippen LogP contribution in [0.15, 0.2) is 36.4 Å². The number of rotatable bonds is 5. The average molecular weight is 332 g/mol. The van der Waals surface area contributed by atoms with E-state index in [4.69, 9.17) is 4.74 Å². The van der Waals surface area contributed by atoms with Crippen molar-refractivity contribution in [1.29, 1.82) is 0 Å². The van der Waals surface area contributed by atoms with Crippen molar-refractivity contribution in [1.82, 2.24) is 0 Å². The van der Waals surface area contributed by atoms with Gasteiger partial charge in [0.25, 0.3) is 5.91 Å². The normalized spacial score (nSPS) is 11.7. The number of amides is 1. The van der Waals surface area contributed by atoms with Gasteiger partial charge >= 0.3 is 5.69 Å². The molecule has 2 aromatic carbocycles. The number of aryl methyl sites for hydroxylation is 2. The molecule has 0 saturated carbocycles. The zero-order valence-electron chi connectivity index (χ0n) is 13.5. The number of nitrogens with zero attached hydrogens (tertiary/aromatic N) is 1. The van der Waals surface area contributed by atoms with E-state index in [9.17, 15) is 19.3 Å². The third kappa shape index (κ3) is 4.07. The largest absolute Gasteiger partial charge is 0.474 e. The number of nitrogens with one attached hydrogen (secondary N) is 1. The summed E-state index contributed by atoms with van der Waals surface area (Å²) in [6, 6.07) is 8.38. The highest BCUT2D eigenvalue weighted by molar-refractivity contribution is 5.94. The smallest absolute Gasteiger partial charge is 0.311 e. The molecule has 2 aromatic rings. The number of benzene rings is 2. The van der Waals surface area contributed by atoms with Crippen LogP contribution in [-0.4, -0.2) is 16.9 Å². The Bertz CT molecular complexity index is 792. The molecule has 1 amide bonds. The molecule has 126 valence electrons. The molecule has 0 aliphatic rings. The Balaban J connectivity index is 2.14. The van der Waals surface area contributed by atoms with Crippen molar-refractivity contribution >= 4 is 17.3 Å². The number of carbonyl (C=O) groups is 1. The molecule has 0 bridgehead atoms. The van der Waals surface area contributed by atoms with E-state index < -0.39 is 28.4 Å². The molecule has 1 unspecified atom stereocenters. The summed E-state index contributed by atoms with van der Waals surface area (Å²) in [6.45, 7) is 5.23. The van der Waals surface area contributed by atoms with Crippen LogP contribution in [0.5, 0.6) is 5.75 Å². The van der Waals surface area contributed by atoms with Gasteiger partial charge in [-0.1, -0.05) is 17.7 Å². The average Bonchev–Trinajstić information content (AvgIpc) is 2.49. The lowest BCUT2D eigenvalue weighted by Crippen LogP contribution is -2.30. The zero-order chi connectivity index (χ0) is 17.9. The summed E-state index contributed by atoms with van der Waals surface area (Å²) in [5.41, 5.74) is 2.16. The summed E-state index contributed by atoms with van der Waals surface area (Å²) < 4.78 is 18.6. The second-order valence-corrected chi connectivity index (χ2v) is 5.44. The molecule has 6 nitrogen and oxygen atoms in total. The quantitative estimate of drug-likeness (QED) is 0.668. The SMILES string of the molecule is Cc1ccc(NC(=O)C(C)Oc2cc(F)ccc2[N+](=O)[O-])c(C)c1. The van der Waals surface area contributed by atoms with E-state index in [1.54, 1.807) is 6.07 Å². The molecule has 24 heavy (non-hydrogen) atoms. The fourth-order valence-corrected chi connectivity index (χ4v) is 2.17. The first-order chi connectivity index (χ1) is 11.3. The first kappa shape index (κ1) is 17.4. The lowest BCUT2D eigenvalue weighted by Gasteiger charge is -2.16. The van der Waals surface area contributed by atoms with E-state index in [0.717, 1.165) is 29.3 Å². The van der Waals surface area contributed by atoms with Crippen molar-refractivity contribution in [3.8, 4) is 5.75 Å². The molecule has 0 spiro atoms. The van der Waals surface area contributed by atoms with Gasteiger partial charge < -0.3 is 10.1 Å². The lowest BCUT2D eigenvalue weighted by atomic mass is 10.1. The molecule has 7 heteroatoms. The van der Waals surface area contributed by atoms with Crippen LogP contribution in [0.2, 0.25) is 0 Å². The van der Waals surface area contributed by atoms with Crippen molar-refractivity contribution in [2.24, 2.45) is 0 Å². The fraction of sp³-hybridized carbons (Fsp3) is 0.235. The second-order valence-electron chi connectivity index (χ2n) is 5.44. The van der Waals surface area contributed by atoms with Gasteiger partial charge in [-0.3, -0.25) is 14.9 Å². The molecule has 0 fully saturated rings. The summed E-state index contributed by atoms with van der Waals surface area (Å²) in [7, 11) is 0.